The summed E-state index contributed by atoms with van der Waals surface area (Å²) >= 11 is 6.48. The summed E-state index contributed by atoms with van der Waals surface area (Å²) in [5, 5.41) is 7.84. The topological polar surface area (TPSA) is 95.3 Å². The molecule has 0 bridgehead atoms. The smallest absolute Gasteiger partial charge is 0.378 e. The minimum absolute atomic E-state index is 0.0961. The number of nitrogens with zero attached hydrogens (tertiary/aromatic N) is 3. The fourth-order valence-corrected chi connectivity index (χ4v) is 4.21. The van der Waals surface area contributed by atoms with E-state index in [2.05, 4.69) is 15.4 Å². The van der Waals surface area contributed by atoms with Gasteiger partial charge in [0.15, 0.2) is 0 Å². The largest absolute Gasteiger partial charge is 0.463 e. The summed E-state index contributed by atoms with van der Waals surface area (Å²) in [5.41, 5.74) is 1.64. The summed E-state index contributed by atoms with van der Waals surface area (Å²) in [6.45, 7) is 1.78. The Morgan fingerprint density at radius 3 is 2.60 bits per heavy atom. The molecule has 0 radical (unpaired) electrons. The van der Waals surface area contributed by atoms with Crippen LogP contribution in [0.15, 0.2) is 35.5 Å². The summed E-state index contributed by atoms with van der Waals surface area (Å²) in [5.74, 6) is -0.864. The van der Waals surface area contributed by atoms with Gasteiger partial charge in [-0.1, -0.05) is 36.2 Å². The Morgan fingerprint density at radius 2 is 1.90 bits per heavy atom. The van der Waals surface area contributed by atoms with E-state index in [1.165, 1.54) is 11.8 Å². The Kier molecular flexibility index (Phi) is 5.76. The minimum atomic E-state index is -0.683. The predicted octanol–water partition coefficient (Wildman–Crippen LogP) is 3.88. The van der Waals surface area contributed by atoms with Crippen LogP contribution in [0, 0.1) is 0 Å². The third-order valence-electron chi connectivity index (χ3n) is 5.47. The number of allylic oxidation sites excluding steroid dienone is 1. The van der Waals surface area contributed by atoms with E-state index in [1.54, 1.807) is 13.0 Å². The van der Waals surface area contributed by atoms with Gasteiger partial charge in [0.2, 0.25) is 5.95 Å². The average Bonchev–Trinajstić information content (AvgIpc) is 3.17. The number of anilines is 1. The zero-order valence-corrected chi connectivity index (χ0v) is 17.6. The van der Waals surface area contributed by atoms with Crippen LogP contribution in [0.5, 0.6) is 0 Å². The SMILES string of the molecule is COC(=O)c1nc2n(n1)[C@@H](c1ccccc1Cl)C(C(=O)OC1CCCCC1)=C(C)N2. The normalized spacial score (nSPS) is 19.1. The molecule has 1 atom stereocenters. The maximum absolute atomic E-state index is 13.3. The molecule has 1 fully saturated rings. The zero-order valence-electron chi connectivity index (χ0n) is 16.9. The van der Waals surface area contributed by atoms with E-state index >= 15 is 0 Å². The molecule has 2 aromatic rings. The third kappa shape index (κ3) is 3.79. The predicted molar refractivity (Wildman–Crippen MR) is 110 cm³/mol. The third-order valence-corrected chi connectivity index (χ3v) is 5.81. The molecule has 4 rings (SSSR count). The van der Waals surface area contributed by atoms with Crippen LogP contribution in [0.4, 0.5) is 5.95 Å². The zero-order chi connectivity index (χ0) is 21.3. The molecular formula is C21H23ClN4O4. The van der Waals surface area contributed by atoms with Crippen LogP contribution >= 0.6 is 11.6 Å². The van der Waals surface area contributed by atoms with Gasteiger partial charge in [0.1, 0.15) is 12.1 Å². The molecule has 158 valence electrons. The quantitative estimate of drug-likeness (QED) is 0.735. The lowest BCUT2D eigenvalue weighted by atomic mass is 9.95. The molecule has 0 saturated heterocycles. The lowest BCUT2D eigenvalue weighted by Gasteiger charge is -2.30. The molecule has 0 unspecified atom stereocenters. The second-order valence-electron chi connectivity index (χ2n) is 7.45. The van der Waals surface area contributed by atoms with Crippen LogP contribution in [0.25, 0.3) is 0 Å². The van der Waals surface area contributed by atoms with Crippen LogP contribution < -0.4 is 5.32 Å². The molecule has 1 aliphatic heterocycles. The molecule has 0 spiro atoms. The highest BCUT2D eigenvalue weighted by molar-refractivity contribution is 6.31. The number of methoxy groups -OCH3 is 1. The highest BCUT2D eigenvalue weighted by Crippen LogP contribution is 2.39. The Bertz CT molecular complexity index is 1010. The standard InChI is InChI=1S/C21H23ClN4O4/c1-12-16(19(27)30-13-8-4-3-5-9-13)17(14-10-6-7-11-15(14)22)26-21(23-12)24-18(25-26)20(28)29-2/h6-7,10-11,13,17H,3-5,8-9H2,1-2H3,(H,23,24,25)/t17-/m0/s1. The lowest BCUT2D eigenvalue weighted by molar-refractivity contribution is -0.146. The van der Waals surface area contributed by atoms with Gasteiger partial charge in [-0.05, 0) is 38.7 Å². The number of carbonyl (C=O) groups excluding carboxylic acids is 2. The van der Waals surface area contributed by atoms with Crippen molar-refractivity contribution in [1.82, 2.24) is 14.8 Å². The molecule has 8 nitrogen and oxygen atoms in total. The van der Waals surface area contributed by atoms with Gasteiger partial charge < -0.3 is 14.8 Å². The molecule has 0 amide bonds. The number of nitrogens with one attached hydrogen (secondary N) is 1. The number of aromatic nitrogens is 3. The second kappa shape index (κ2) is 8.47. The monoisotopic (exact) mass is 430 g/mol. The molecule has 1 N–H and O–H groups in total. The van der Waals surface area contributed by atoms with Gasteiger partial charge in [-0.2, -0.15) is 4.98 Å². The number of benzene rings is 1. The van der Waals surface area contributed by atoms with Gasteiger partial charge in [0.05, 0.1) is 12.7 Å². The first-order chi connectivity index (χ1) is 14.5. The summed E-state index contributed by atoms with van der Waals surface area (Å²) < 4.78 is 12.1. The fraction of sp³-hybridized carbons (Fsp3) is 0.429. The van der Waals surface area contributed by atoms with Crippen LogP contribution in [0.1, 0.15) is 61.3 Å². The summed E-state index contributed by atoms with van der Waals surface area (Å²) in [6.07, 6.45) is 4.90. The van der Waals surface area contributed by atoms with Crippen LogP contribution in [-0.2, 0) is 14.3 Å². The molecule has 9 heteroatoms. The molecule has 1 aliphatic carbocycles. The molecule has 2 heterocycles. The molecule has 30 heavy (non-hydrogen) atoms. The van der Waals surface area contributed by atoms with Crippen molar-refractivity contribution in [1.29, 1.82) is 0 Å². The van der Waals surface area contributed by atoms with E-state index in [4.69, 9.17) is 21.1 Å². The van der Waals surface area contributed by atoms with Crippen molar-refractivity contribution >= 4 is 29.5 Å². The average molecular weight is 431 g/mol. The van der Waals surface area contributed by atoms with Gasteiger partial charge >= 0.3 is 11.9 Å². The van der Waals surface area contributed by atoms with Crippen molar-refractivity contribution in [2.75, 3.05) is 12.4 Å². The first kappa shape index (κ1) is 20.4. The molecule has 1 aromatic carbocycles. The maximum Gasteiger partial charge on any atom is 0.378 e. The first-order valence-electron chi connectivity index (χ1n) is 9.97. The Labute approximate surface area is 179 Å². The van der Waals surface area contributed by atoms with Crippen molar-refractivity contribution in [3.8, 4) is 0 Å². The van der Waals surface area contributed by atoms with Crippen molar-refractivity contribution < 1.29 is 19.1 Å². The van der Waals surface area contributed by atoms with Gasteiger partial charge in [0, 0.05) is 16.3 Å². The number of carbonyl (C=O) groups is 2. The van der Waals surface area contributed by atoms with Crippen molar-refractivity contribution in [2.24, 2.45) is 0 Å². The van der Waals surface area contributed by atoms with Crippen molar-refractivity contribution in [3.05, 3.63) is 51.9 Å². The van der Waals surface area contributed by atoms with Crippen LogP contribution in [-0.4, -0.2) is 39.9 Å². The van der Waals surface area contributed by atoms with Gasteiger partial charge in [0.25, 0.3) is 5.82 Å². The number of hydrogen-bond donors (Lipinski definition) is 1. The minimum Gasteiger partial charge on any atom is -0.463 e. The fourth-order valence-electron chi connectivity index (χ4n) is 3.98. The second-order valence-corrected chi connectivity index (χ2v) is 7.86. The maximum atomic E-state index is 13.3. The number of rotatable bonds is 4. The van der Waals surface area contributed by atoms with Gasteiger partial charge in [-0.15, -0.1) is 5.10 Å². The van der Waals surface area contributed by atoms with Crippen LogP contribution in [0.2, 0.25) is 5.02 Å². The van der Waals surface area contributed by atoms with Gasteiger partial charge in [-0.25, -0.2) is 14.3 Å². The highest BCUT2D eigenvalue weighted by Gasteiger charge is 2.37. The van der Waals surface area contributed by atoms with Gasteiger partial charge in [-0.3, -0.25) is 0 Å². The molecule has 1 aromatic heterocycles. The first-order valence-corrected chi connectivity index (χ1v) is 10.4. The number of halogens is 1. The Morgan fingerprint density at radius 1 is 1.17 bits per heavy atom. The summed E-state index contributed by atoms with van der Waals surface area (Å²) in [7, 11) is 1.26. The summed E-state index contributed by atoms with van der Waals surface area (Å²) in [6, 6.07) is 6.53. The van der Waals surface area contributed by atoms with E-state index in [0.29, 0.717) is 27.8 Å². The lowest BCUT2D eigenvalue weighted by Crippen LogP contribution is -2.32. The van der Waals surface area contributed by atoms with Crippen molar-refractivity contribution in [2.45, 2.75) is 51.2 Å². The summed E-state index contributed by atoms with van der Waals surface area (Å²) in [4.78, 5) is 29.5. The number of hydrogen-bond acceptors (Lipinski definition) is 7. The number of ether oxygens (including phenoxy) is 2. The van der Waals surface area contributed by atoms with E-state index in [-0.39, 0.29) is 11.9 Å². The Hall–Kier alpha value is -2.87. The number of fused-ring (bicyclic) bond motifs is 1. The van der Waals surface area contributed by atoms with E-state index < -0.39 is 18.0 Å². The van der Waals surface area contributed by atoms with E-state index in [1.807, 2.05) is 18.2 Å². The van der Waals surface area contributed by atoms with E-state index in [0.717, 1.165) is 32.1 Å². The van der Waals surface area contributed by atoms with Crippen molar-refractivity contribution in [3.63, 3.8) is 0 Å². The molecular weight excluding hydrogens is 408 g/mol. The van der Waals surface area contributed by atoms with Crippen LogP contribution in [0.3, 0.4) is 0 Å². The molecule has 2 aliphatic rings. The van der Waals surface area contributed by atoms with E-state index in [9.17, 15) is 9.59 Å². The highest BCUT2D eigenvalue weighted by atomic mass is 35.5. The Balaban J connectivity index is 1.77. The molecule has 1 saturated carbocycles. The number of esters is 2.